The summed E-state index contributed by atoms with van der Waals surface area (Å²) < 4.78 is 0. The molecule has 0 bridgehead atoms. The van der Waals surface area contributed by atoms with Crippen LogP contribution in [0.4, 0.5) is 10.5 Å². The zero-order valence-electron chi connectivity index (χ0n) is 7.22. The van der Waals surface area contributed by atoms with E-state index in [0.717, 1.165) is 5.69 Å². The van der Waals surface area contributed by atoms with Crippen molar-refractivity contribution in [3.63, 3.8) is 0 Å². The van der Waals surface area contributed by atoms with E-state index in [1.54, 1.807) is 7.05 Å². The second-order valence-electron chi connectivity index (χ2n) is 2.57. The quantitative estimate of drug-likeness (QED) is 0.652. The molecule has 1 aromatic carbocycles. The van der Waals surface area contributed by atoms with E-state index < -0.39 is 0 Å². The Morgan fingerprint density at radius 1 is 1.25 bits per heavy atom. The molecule has 0 radical (unpaired) electrons. The molecule has 0 unspecified atom stereocenters. The number of amides is 2. The number of nitrogens with one attached hydrogen (secondary N) is 2. The molecule has 12 heavy (non-hydrogen) atoms. The van der Waals surface area contributed by atoms with Gasteiger partial charge < -0.3 is 10.6 Å². The van der Waals surface area contributed by atoms with Gasteiger partial charge in [0.15, 0.2) is 0 Å². The lowest BCUT2D eigenvalue weighted by Gasteiger charge is -2.03. The van der Waals surface area contributed by atoms with Crippen molar-refractivity contribution in [1.29, 1.82) is 0 Å². The van der Waals surface area contributed by atoms with E-state index in [-0.39, 0.29) is 6.03 Å². The molecule has 2 amide bonds. The van der Waals surface area contributed by atoms with Crippen molar-refractivity contribution in [3.05, 3.63) is 29.8 Å². The number of aryl methyl sites for hydroxylation is 1. The van der Waals surface area contributed by atoms with Crippen molar-refractivity contribution in [3.8, 4) is 0 Å². The number of anilines is 1. The number of carbonyl (C=O) groups is 1. The van der Waals surface area contributed by atoms with Crippen molar-refractivity contribution in [1.82, 2.24) is 5.32 Å². The number of rotatable bonds is 1. The summed E-state index contributed by atoms with van der Waals surface area (Å²) in [5, 5.41) is 5.15. The second kappa shape index (κ2) is 3.76. The molecule has 0 aliphatic carbocycles. The maximum atomic E-state index is 10.8. The van der Waals surface area contributed by atoms with Gasteiger partial charge in [-0.25, -0.2) is 4.79 Å². The molecule has 0 fully saturated rings. The summed E-state index contributed by atoms with van der Waals surface area (Å²) in [4.78, 5) is 10.8. The number of hydrogen-bond donors (Lipinski definition) is 2. The molecule has 3 nitrogen and oxygen atoms in total. The first-order valence-corrected chi connectivity index (χ1v) is 3.78. The van der Waals surface area contributed by atoms with Crippen molar-refractivity contribution < 1.29 is 4.79 Å². The first-order valence-electron chi connectivity index (χ1n) is 3.78. The molecule has 0 saturated carbocycles. The van der Waals surface area contributed by atoms with Crippen LogP contribution < -0.4 is 10.6 Å². The molecule has 1 aromatic rings. The van der Waals surface area contributed by atoms with Crippen LogP contribution in [0.2, 0.25) is 0 Å². The lowest BCUT2D eigenvalue weighted by atomic mass is 10.2. The number of urea groups is 1. The summed E-state index contributed by atoms with van der Waals surface area (Å²) in [5.74, 6) is 0. The van der Waals surface area contributed by atoms with Gasteiger partial charge in [-0.3, -0.25) is 0 Å². The zero-order chi connectivity index (χ0) is 8.97. The first kappa shape index (κ1) is 8.59. The monoisotopic (exact) mass is 164 g/mol. The maximum Gasteiger partial charge on any atom is 0.318 e. The van der Waals surface area contributed by atoms with Crippen LogP contribution in [-0.4, -0.2) is 13.1 Å². The predicted octanol–water partition coefficient (Wildman–Crippen LogP) is 1.75. The molecule has 64 valence electrons. The second-order valence-corrected chi connectivity index (χ2v) is 2.57. The van der Waals surface area contributed by atoms with E-state index >= 15 is 0 Å². The topological polar surface area (TPSA) is 41.1 Å². The van der Waals surface area contributed by atoms with E-state index in [1.165, 1.54) is 5.56 Å². The van der Waals surface area contributed by atoms with Gasteiger partial charge in [0.25, 0.3) is 0 Å². The van der Waals surface area contributed by atoms with Crippen LogP contribution in [0, 0.1) is 6.92 Å². The molecule has 0 aromatic heterocycles. The fraction of sp³-hybridized carbons (Fsp3) is 0.222. The van der Waals surface area contributed by atoms with Crippen LogP contribution in [0.3, 0.4) is 0 Å². The van der Waals surface area contributed by atoms with Crippen LogP contribution in [0.15, 0.2) is 24.3 Å². The van der Waals surface area contributed by atoms with Crippen LogP contribution in [0.5, 0.6) is 0 Å². The minimum atomic E-state index is -0.196. The number of benzene rings is 1. The van der Waals surface area contributed by atoms with Crippen LogP contribution in [0.25, 0.3) is 0 Å². The Labute approximate surface area is 71.8 Å². The number of carbonyl (C=O) groups excluding carboxylic acids is 1. The number of hydrogen-bond acceptors (Lipinski definition) is 1. The molecule has 2 N–H and O–H groups in total. The third-order valence-electron chi connectivity index (χ3n) is 1.54. The van der Waals surface area contributed by atoms with Gasteiger partial charge in [-0.1, -0.05) is 17.7 Å². The molecular formula is C9H12N2O. The Kier molecular flexibility index (Phi) is 2.69. The Hall–Kier alpha value is -1.51. The van der Waals surface area contributed by atoms with E-state index in [9.17, 15) is 4.79 Å². The third kappa shape index (κ3) is 2.27. The van der Waals surface area contributed by atoms with Crippen LogP contribution in [-0.2, 0) is 0 Å². The van der Waals surface area contributed by atoms with E-state index in [1.807, 2.05) is 31.2 Å². The highest BCUT2D eigenvalue weighted by molar-refractivity contribution is 5.88. The SMILES string of the molecule is CNC(=O)Nc1ccc(C)cc1. The van der Waals surface area contributed by atoms with Gasteiger partial charge in [-0.2, -0.15) is 0 Å². The molecule has 3 heteroatoms. The molecule has 1 rings (SSSR count). The van der Waals surface area contributed by atoms with Gasteiger partial charge in [0.1, 0.15) is 0 Å². The van der Waals surface area contributed by atoms with Gasteiger partial charge in [-0.05, 0) is 19.1 Å². The van der Waals surface area contributed by atoms with Crippen LogP contribution in [0.1, 0.15) is 5.56 Å². The Morgan fingerprint density at radius 3 is 2.33 bits per heavy atom. The highest BCUT2D eigenvalue weighted by Crippen LogP contribution is 2.07. The maximum absolute atomic E-state index is 10.8. The fourth-order valence-electron chi connectivity index (χ4n) is 0.830. The van der Waals surface area contributed by atoms with Crippen LogP contribution >= 0.6 is 0 Å². The van der Waals surface area contributed by atoms with Crippen molar-refractivity contribution >= 4 is 11.7 Å². The van der Waals surface area contributed by atoms with Gasteiger partial charge in [0, 0.05) is 12.7 Å². The first-order chi connectivity index (χ1) is 5.72. The van der Waals surface area contributed by atoms with Crippen molar-refractivity contribution in [2.45, 2.75) is 6.92 Å². The highest BCUT2D eigenvalue weighted by Gasteiger charge is 1.95. The summed E-state index contributed by atoms with van der Waals surface area (Å²) >= 11 is 0. The lowest BCUT2D eigenvalue weighted by molar-refractivity contribution is 0.254. The molecule has 0 aliphatic rings. The molecular weight excluding hydrogens is 152 g/mol. The van der Waals surface area contributed by atoms with Gasteiger partial charge >= 0.3 is 6.03 Å². The molecule has 0 aliphatic heterocycles. The molecule has 0 atom stereocenters. The van der Waals surface area contributed by atoms with Gasteiger partial charge in [-0.15, -0.1) is 0 Å². The summed E-state index contributed by atoms with van der Waals surface area (Å²) in [6.07, 6.45) is 0. The summed E-state index contributed by atoms with van der Waals surface area (Å²) in [5.41, 5.74) is 1.98. The molecule has 0 heterocycles. The largest absolute Gasteiger partial charge is 0.341 e. The van der Waals surface area contributed by atoms with Gasteiger partial charge in [0.05, 0.1) is 0 Å². The highest BCUT2D eigenvalue weighted by atomic mass is 16.2. The summed E-state index contributed by atoms with van der Waals surface area (Å²) in [6, 6.07) is 7.44. The standard InChI is InChI=1S/C9H12N2O/c1-7-3-5-8(6-4-7)11-9(12)10-2/h3-6H,1-2H3,(H2,10,11,12). The molecule has 0 saturated heterocycles. The summed E-state index contributed by atoms with van der Waals surface area (Å²) in [7, 11) is 1.59. The van der Waals surface area contributed by atoms with E-state index in [0.29, 0.717) is 0 Å². The average Bonchev–Trinajstić information content (AvgIpc) is 2.09. The van der Waals surface area contributed by atoms with Gasteiger partial charge in [0.2, 0.25) is 0 Å². The van der Waals surface area contributed by atoms with Crippen molar-refractivity contribution in [2.24, 2.45) is 0 Å². The minimum Gasteiger partial charge on any atom is -0.341 e. The van der Waals surface area contributed by atoms with E-state index in [2.05, 4.69) is 10.6 Å². The van der Waals surface area contributed by atoms with E-state index in [4.69, 9.17) is 0 Å². The third-order valence-corrected chi connectivity index (χ3v) is 1.54. The minimum absolute atomic E-state index is 0.196. The average molecular weight is 164 g/mol. The van der Waals surface area contributed by atoms with Crippen molar-refractivity contribution in [2.75, 3.05) is 12.4 Å². The Balaban J connectivity index is 2.64. The smallest absolute Gasteiger partial charge is 0.318 e. The summed E-state index contributed by atoms with van der Waals surface area (Å²) in [6.45, 7) is 2.00. The normalized spacial score (nSPS) is 9.17. The predicted molar refractivity (Wildman–Crippen MR) is 49.3 cm³/mol. The Morgan fingerprint density at radius 2 is 1.83 bits per heavy atom. The molecule has 0 spiro atoms. The zero-order valence-corrected chi connectivity index (χ0v) is 7.22. The Bertz CT molecular complexity index is 266. The fourth-order valence-corrected chi connectivity index (χ4v) is 0.830. The lowest BCUT2D eigenvalue weighted by Crippen LogP contribution is -2.24.